The third-order valence-electron chi connectivity index (χ3n) is 4.37. The van der Waals surface area contributed by atoms with Gasteiger partial charge >= 0.3 is 0 Å². The molecule has 0 saturated carbocycles. The van der Waals surface area contributed by atoms with Gasteiger partial charge in [-0.05, 0) is 62.3 Å². The zero-order valence-electron chi connectivity index (χ0n) is 14.4. The molecule has 1 saturated heterocycles. The van der Waals surface area contributed by atoms with Crippen molar-refractivity contribution >= 4 is 5.91 Å². The average Bonchev–Trinajstić information content (AvgIpc) is 3.35. The van der Waals surface area contributed by atoms with Gasteiger partial charge < -0.3 is 19.2 Å². The van der Waals surface area contributed by atoms with E-state index in [1.165, 1.54) is 12.8 Å². The molecule has 1 unspecified atom stereocenters. The molecule has 25 heavy (non-hydrogen) atoms. The van der Waals surface area contributed by atoms with Gasteiger partial charge in [-0.3, -0.25) is 9.69 Å². The molecule has 2 aromatic rings. The Bertz CT molecular complexity index is 649. The lowest BCUT2D eigenvalue weighted by Gasteiger charge is -2.26. The molecule has 3 rings (SSSR count). The monoisotopic (exact) mass is 344 g/mol. The van der Waals surface area contributed by atoms with Crippen LogP contribution in [0.25, 0.3) is 0 Å². The van der Waals surface area contributed by atoms with E-state index in [0.29, 0.717) is 12.3 Å². The van der Waals surface area contributed by atoms with E-state index in [9.17, 15) is 4.79 Å². The largest absolute Gasteiger partial charge is 0.497 e. The van der Waals surface area contributed by atoms with Gasteiger partial charge in [0, 0.05) is 6.54 Å². The minimum Gasteiger partial charge on any atom is -0.497 e. The van der Waals surface area contributed by atoms with Crippen LogP contribution in [-0.2, 0) is 4.79 Å². The lowest BCUT2D eigenvalue weighted by Crippen LogP contribution is -2.38. The highest BCUT2D eigenvalue weighted by atomic mass is 16.5. The van der Waals surface area contributed by atoms with Crippen molar-refractivity contribution in [2.45, 2.75) is 18.9 Å². The number of nitrogens with one attached hydrogen (secondary N) is 1. The Labute approximate surface area is 147 Å². The molecule has 1 atom stereocenters. The summed E-state index contributed by atoms with van der Waals surface area (Å²) < 4.78 is 16.2. The molecule has 0 radical (unpaired) electrons. The molecule has 0 spiro atoms. The summed E-state index contributed by atoms with van der Waals surface area (Å²) in [6, 6.07) is 11.1. The van der Waals surface area contributed by atoms with E-state index < -0.39 is 0 Å². The second kappa shape index (κ2) is 8.58. The first-order valence-electron chi connectivity index (χ1n) is 8.57. The fourth-order valence-corrected chi connectivity index (χ4v) is 3.03. The van der Waals surface area contributed by atoms with Gasteiger partial charge in [0.25, 0.3) is 5.91 Å². The zero-order chi connectivity index (χ0) is 17.5. The summed E-state index contributed by atoms with van der Waals surface area (Å²) in [5, 5.41) is 2.95. The van der Waals surface area contributed by atoms with Gasteiger partial charge in [0.05, 0.1) is 19.4 Å². The summed E-state index contributed by atoms with van der Waals surface area (Å²) in [6.07, 6.45) is 4.05. The molecule has 6 heteroatoms. The van der Waals surface area contributed by atoms with E-state index in [4.69, 9.17) is 13.9 Å². The summed E-state index contributed by atoms with van der Waals surface area (Å²) >= 11 is 0. The Morgan fingerprint density at radius 1 is 1.20 bits per heavy atom. The average molecular weight is 344 g/mol. The number of hydrogen-bond acceptors (Lipinski definition) is 5. The van der Waals surface area contributed by atoms with Crippen LogP contribution in [0.5, 0.6) is 11.5 Å². The fourth-order valence-electron chi connectivity index (χ4n) is 3.03. The third-order valence-corrected chi connectivity index (χ3v) is 4.37. The number of furan rings is 1. The molecule has 1 aromatic heterocycles. The van der Waals surface area contributed by atoms with Crippen molar-refractivity contribution in [1.82, 2.24) is 10.2 Å². The molecule has 1 aliphatic rings. The lowest BCUT2D eigenvalue weighted by molar-refractivity contribution is -0.123. The quantitative estimate of drug-likeness (QED) is 0.797. The van der Waals surface area contributed by atoms with Gasteiger partial charge in [-0.2, -0.15) is 0 Å². The highest BCUT2D eigenvalue weighted by molar-refractivity contribution is 5.77. The number of methoxy groups -OCH3 is 1. The number of rotatable bonds is 8. The lowest BCUT2D eigenvalue weighted by atomic mass is 10.2. The van der Waals surface area contributed by atoms with E-state index in [2.05, 4.69) is 10.2 Å². The van der Waals surface area contributed by atoms with Gasteiger partial charge in [0.15, 0.2) is 6.61 Å². The molecule has 1 N–H and O–H groups in total. The topological polar surface area (TPSA) is 63.9 Å². The van der Waals surface area contributed by atoms with Crippen molar-refractivity contribution in [3.63, 3.8) is 0 Å². The van der Waals surface area contributed by atoms with Gasteiger partial charge in [-0.15, -0.1) is 0 Å². The summed E-state index contributed by atoms with van der Waals surface area (Å²) in [6.45, 7) is 2.56. The Kier molecular flexibility index (Phi) is 5.95. The van der Waals surface area contributed by atoms with E-state index in [-0.39, 0.29) is 18.6 Å². The van der Waals surface area contributed by atoms with Crippen LogP contribution in [0.2, 0.25) is 0 Å². The minimum atomic E-state index is -0.147. The maximum absolute atomic E-state index is 12.1. The van der Waals surface area contributed by atoms with Crippen molar-refractivity contribution in [2.24, 2.45) is 0 Å². The van der Waals surface area contributed by atoms with Gasteiger partial charge in [-0.1, -0.05) is 0 Å². The predicted octanol–water partition coefficient (Wildman–Crippen LogP) is 2.62. The number of likely N-dealkylation sites (tertiary alicyclic amines) is 1. The highest BCUT2D eigenvalue weighted by Crippen LogP contribution is 2.24. The number of nitrogens with zero attached hydrogens (tertiary/aromatic N) is 1. The molecule has 1 fully saturated rings. The molecule has 1 aliphatic heterocycles. The van der Waals surface area contributed by atoms with Crippen molar-refractivity contribution < 1.29 is 18.7 Å². The third kappa shape index (κ3) is 4.76. The maximum atomic E-state index is 12.1. The summed E-state index contributed by atoms with van der Waals surface area (Å²) in [5.41, 5.74) is 0. The molecule has 1 aromatic carbocycles. The summed E-state index contributed by atoms with van der Waals surface area (Å²) in [4.78, 5) is 14.5. The Balaban J connectivity index is 1.49. The number of carbonyl (C=O) groups is 1. The van der Waals surface area contributed by atoms with E-state index in [1.54, 1.807) is 37.6 Å². The smallest absolute Gasteiger partial charge is 0.258 e. The molecule has 1 amide bonds. The molecular formula is C19H24N2O4. The van der Waals surface area contributed by atoms with Gasteiger partial charge in [0.2, 0.25) is 0 Å². The number of hydrogen-bond donors (Lipinski definition) is 1. The Morgan fingerprint density at radius 3 is 2.56 bits per heavy atom. The number of benzene rings is 1. The summed E-state index contributed by atoms with van der Waals surface area (Å²) in [7, 11) is 1.61. The van der Waals surface area contributed by atoms with Crippen molar-refractivity contribution in [3.8, 4) is 11.5 Å². The second-order valence-electron chi connectivity index (χ2n) is 6.04. The van der Waals surface area contributed by atoms with Crippen LogP contribution in [0.4, 0.5) is 0 Å². The Morgan fingerprint density at radius 2 is 1.92 bits per heavy atom. The number of amides is 1. The van der Waals surface area contributed by atoms with Crippen molar-refractivity contribution in [2.75, 3.05) is 33.4 Å². The maximum Gasteiger partial charge on any atom is 0.258 e. The van der Waals surface area contributed by atoms with Crippen LogP contribution in [0, 0.1) is 0 Å². The molecule has 0 aliphatic carbocycles. The predicted molar refractivity (Wildman–Crippen MR) is 93.8 cm³/mol. The first kappa shape index (κ1) is 17.4. The minimum absolute atomic E-state index is 0.0167. The van der Waals surface area contributed by atoms with E-state index >= 15 is 0 Å². The van der Waals surface area contributed by atoms with Crippen LogP contribution in [0.3, 0.4) is 0 Å². The second-order valence-corrected chi connectivity index (χ2v) is 6.04. The highest BCUT2D eigenvalue weighted by Gasteiger charge is 2.25. The SMILES string of the molecule is COc1ccc(OCC(=O)NCC(c2ccco2)N2CCCC2)cc1. The normalized spacial score (nSPS) is 15.7. The van der Waals surface area contributed by atoms with E-state index in [0.717, 1.165) is 24.6 Å². The van der Waals surface area contributed by atoms with Gasteiger partial charge in [0.1, 0.15) is 17.3 Å². The number of ether oxygens (including phenoxy) is 2. The van der Waals surface area contributed by atoms with Crippen LogP contribution in [-0.4, -0.2) is 44.2 Å². The van der Waals surface area contributed by atoms with Gasteiger partial charge in [-0.25, -0.2) is 0 Å². The first-order chi connectivity index (χ1) is 12.3. The molecular weight excluding hydrogens is 320 g/mol. The zero-order valence-corrected chi connectivity index (χ0v) is 14.4. The fraction of sp³-hybridized carbons (Fsp3) is 0.421. The van der Waals surface area contributed by atoms with Crippen molar-refractivity contribution in [1.29, 1.82) is 0 Å². The van der Waals surface area contributed by atoms with Crippen LogP contribution in [0.1, 0.15) is 24.6 Å². The van der Waals surface area contributed by atoms with Crippen LogP contribution in [0.15, 0.2) is 47.1 Å². The van der Waals surface area contributed by atoms with Crippen LogP contribution >= 0.6 is 0 Å². The van der Waals surface area contributed by atoms with Crippen LogP contribution < -0.4 is 14.8 Å². The van der Waals surface area contributed by atoms with Crippen molar-refractivity contribution in [3.05, 3.63) is 48.4 Å². The first-order valence-corrected chi connectivity index (χ1v) is 8.57. The molecule has 2 heterocycles. The Hall–Kier alpha value is -2.47. The summed E-state index contributed by atoms with van der Waals surface area (Å²) in [5.74, 6) is 2.13. The molecule has 134 valence electrons. The van der Waals surface area contributed by atoms with E-state index in [1.807, 2.05) is 12.1 Å². The molecule has 6 nitrogen and oxygen atoms in total. The number of carbonyl (C=O) groups excluding carboxylic acids is 1. The molecule has 0 bridgehead atoms. The standard InChI is InChI=1S/C19H24N2O4/c1-23-15-6-8-16(9-7-15)25-14-19(22)20-13-17(18-5-4-12-24-18)21-10-2-3-11-21/h4-9,12,17H,2-3,10-11,13-14H2,1H3,(H,20,22).